The first-order valence-corrected chi connectivity index (χ1v) is 16.3. The van der Waals surface area contributed by atoms with Gasteiger partial charge in [-0.05, 0) is 30.7 Å². The molecule has 0 amide bonds. The summed E-state index contributed by atoms with van der Waals surface area (Å²) < 4.78 is 0. The first-order chi connectivity index (χ1) is 18.3. The Balaban J connectivity index is 1.60. The molecule has 1 aromatic rings. The molecule has 0 fully saturated rings. The number of rotatable bonds is 25. The van der Waals surface area contributed by atoms with Crippen LogP contribution in [0.25, 0.3) is 0 Å². The van der Waals surface area contributed by atoms with Gasteiger partial charge in [0.15, 0.2) is 12.4 Å². The van der Waals surface area contributed by atoms with Crippen molar-refractivity contribution in [3.63, 3.8) is 0 Å². The lowest BCUT2D eigenvalue weighted by Crippen LogP contribution is -2.22. The molecule has 2 unspecified atom stereocenters. The molecule has 208 valence electrons. The average molecular weight is 508 g/mol. The maximum absolute atomic E-state index is 4.69. The summed E-state index contributed by atoms with van der Waals surface area (Å²) >= 11 is 0. The fourth-order valence-corrected chi connectivity index (χ4v) is 5.95. The molecule has 0 saturated carbocycles. The minimum atomic E-state index is 0.499. The molecule has 0 N–H and O–H groups in total. The first kappa shape index (κ1) is 31.6. The summed E-state index contributed by atoms with van der Waals surface area (Å²) in [5.74, 6) is 1.14. The zero-order valence-corrected chi connectivity index (χ0v) is 24.6. The van der Waals surface area contributed by atoms with Gasteiger partial charge in [0.1, 0.15) is 0 Å². The van der Waals surface area contributed by atoms with E-state index >= 15 is 0 Å². The Bertz CT molecular complexity index is 668. The van der Waals surface area contributed by atoms with Crippen LogP contribution >= 0.6 is 0 Å². The fraction of sp³-hybridized carbons (Fsp3) is 0.743. The van der Waals surface area contributed by atoms with E-state index in [9.17, 15) is 0 Å². The summed E-state index contributed by atoms with van der Waals surface area (Å²) in [7, 11) is 0. The normalized spacial score (nSPS) is 14.5. The Morgan fingerprint density at radius 2 is 0.973 bits per heavy atom. The molecule has 0 spiro atoms. The maximum Gasteiger partial charge on any atom is 0.244 e. The average Bonchev–Trinajstić information content (AvgIpc) is 3.45. The second-order valence-corrected chi connectivity index (χ2v) is 11.6. The van der Waals surface area contributed by atoms with E-state index in [-0.39, 0.29) is 0 Å². The number of nitrogens with zero attached hydrogens (tertiary/aromatic N) is 2. The molecule has 0 bridgehead atoms. The Morgan fingerprint density at radius 1 is 0.541 bits per heavy atom. The van der Waals surface area contributed by atoms with Crippen LogP contribution in [0.3, 0.4) is 0 Å². The van der Waals surface area contributed by atoms with Gasteiger partial charge in [-0.25, -0.2) is 0 Å². The highest BCUT2D eigenvalue weighted by Gasteiger charge is 2.35. The molecular weight excluding hydrogens is 448 g/mol. The third kappa shape index (κ3) is 15.4. The van der Waals surface area contributed by atoms with Gasteiger partial charge >= 0.3 is 0 Å². The van der Waals surface area contributed by atoms with Crippen LogP contribution in [-0.2, 0) is 6.42 Å². The van der Waals surface area contributed by atoms with Gasteiger partial charge in [0.25, 0.3) is 0 Å². The lowest BCUT2D eigenvalue weighted by atomic mass is 9.78. The fourth-order valence-electron chi connectivity index (χ4n) is 5.95. The molecule has 1 heterocycles. The number of unbranched alkanes of at least 4 members (excludes halogenated alkanes) is 17. The summed E-state index contributed by atoms with van der Waals surface area (Å²) in [4.78, 5) is 9.38. The molecule has 2 atom stereocenters. The smallest absolute Gasteiger partial charge is 0.0965 e. The van der Waals surface area contributed by atoms with E-state index in [1.165, 1.54) is 140 Å². The van der Waals surface area contributed by atoms with Gasteiger partial charge in [-0.1, -0.05) is 176 Å². The van der Waals surface area contributed by atoms with Crippen molar-refractivity contribution in [1.29, 1.82) is 0 Å². The zero-order chi connectivity index (χ0) is 26.2. The predicted octanol–water partition coefficient (Wildman–Crippen LogP) is 11.3. The highest BCUT2D eigenvalue weighted by Crippen LogP contribution is 2.36. The van der Waals surface area contributed by atoms with Crippen molar-refractivity contribution in [3.05, 3.63) is 42.1 Å². The van der Waals surface area contributed by atoms with Crippen LogP contribution in [-0.4, -0.2) is 12.4 Å². The highest BCUT2D eigenvalue weighted by molar-refractivity contribution is 6.18. The van der Waals surface area contributed by atoms with Gasteiger partial charge in [0.2, 0.25) is 6.17 Å². The van der Waals surface area contributed by atoms with Crippen molar-refractivity contribution in [2.24, 2.45) is 21.8 Å². The van der Waals surface area contributed by atoms with Crippen molar-refractivity contribution < 1.29 is 0 Å². The third-order valence-corrected chi connectivity index (χ3v) is 8.27. The van der Waals surface area contributed by atoms with Gasteiger partial charge in [-0.15, -0.1) is 0 Å². The molecule has 1 aromatic carbocycles. The number of aliphatic imine (C=N–C) groups is 2. The van der Waals surface area contributed by atoms with E-state index < -0.39 is 0 Å². The van der Waals surface area contributed by atoms with Crippen molar-refractivity contribution >= 4 is 12.4 Å². The molecular formula is C35H59N2+. The second kappa shape index (κ2) is 22.4. The topological polar surface area (TPSA) is 24.7 Å². The summed E-state index contributed by atoms with van der Waals surface area (Å²) in [6.45, 7) is 4.61. The molecule has 2 nitrogen and oxygen atoms in total. The van der Waals surface area contributed by atoms with Crippen molar-refractivity contribution in [2.45, 2.75) is 155 Å². The van der Waals surface area contributed by atoms with E-state index in [0.29, 0.717) is 11.8 Å². The molecule has 2 heteroatoms. The number of benzene rings is 1. The number of hydrogen-bond donors (Lipinski definition) is 0. The van der Waals surface area contributed by atoms with Crippen molar-refractivity contribution in [2.75, 3.05) is 0 Å². The largest absolute Gasteiger partial charge is 0.244 e. The van der Waals surface area contributed by atoms with E-state index in [1.54, 1.807) is 0 Å². The monoisotopic (exact) mass is 507 g/mol. The van der Waals surface area contributed by atoms with Crippen LogP contribution in [0.4, 0.5) is 0 Å². The Morgan fingerprint density at radius 3 is 1.49 bits per heavy atom. The molecule has 1 aliphatic heterocycles. The summed E-state index contributed by atoms with van der Waals surface area (Å²) in [5, 5.41) is 0. The van der Waals surface area contributed by atoms with E-state index in [4.69, 9.17) is 0 Å². The van der Waals surface area contributed by atoms with Crippen molar-refractivity contribution in [1.82, 2.24) is 0 Å². The highest BCUT2D eigenvalue weighted by atomic mass is 15.0. The van der Waals surface area contributed by atoms with Crippen molar-refractivity contribution in [3.8, 4) is 0 Å². The van der Waals surface area contributed by atoms with Crippen LogP contribution in [0, 0.1) is 18.0 Å². The third-order valence-electron chi connectivity index (χ3n) is 8.27. The lowest BCUT2D eigenvalue weighted by molar-refractivity contribution is 0.284. The molecule has 0 radical (unpaired) electrons. The summed E-state index contributed by atoms with van der Waals surface area (Å²) in [5.41, 5.74) is 1.47. The minimum absolute atomic E-state index is 0.499. The standard InChI is InChI=1S/C35H59N2/c1-3-5-7-8-9-10-11-12-13-14-15-16-17-18-19-24-28-34(35-36-29-30-37-35)33(27-21-6-4-2)31-32-25-22-20-23-26-32/h20,22-23,25-26,29-30,33-34H,3-19,21,24,27-28,31H2,1-2H3/q+1. The van der Waals surface area contributed by atoms with Gasteiger partial charge in [0, 0.05) is 0 Å². The van der Waals surface area contributed by atoms with Crippen LogP contribution in [0.5, 0.6) is 0 Å². The molecule has 2 rings (SSSR count). The van der Waals surface area contributed by atoms with Gasteiger partial charge in [-0.2, -0.15) is 0 Å². The molecule has 1 aliphatic rings. The SMILES string of the molecule is CCCCCCCCCCCCCCCCCCC([C+]1N=CC=N1)C(CCCCC)Cc1ccccc1. The Hall–Kier alpha value is -1.57. The van der Waals surface area contributed by atoms with Crippen LogP contribution in [0.15, 0.2) is 40.3 Å². The summed E-state index contributed by atoms with van der Waals surface area (Å²) in [6.07, 6.45) is 35.3. The van der Waals surface area contributed by atoms with E-state index in [2.05, 4.69) is 54.2 Å². The Kier molecular flexibility index (Phi) is 19.2. The number of hydrogen-bond acceptors (Lipinski definition) is 2. The predicted molar refractivity (Wildman–Crippen MR) is 166 cm³/mol. The summed E-state index contributed by atoms with van der Waals surface area (Å²) in [6, 6.07) is 11.1. The van der Waals surface area contributed by atoms with E-state index in [0.717, 1.165) is 12.6 Å². The first-order valence-electron chi connectivity index (χ1n) is 16.3. The van der Waals surface area contributed by atoms with Crippen LogP contribution < -0.4 is 0 Å². The zero-order valence-electron chi connectivity index (χ0n) is 24.6. The second-order valence-electron chi connectivity index (χ2n) is 11.6. The lowest BCUT2D eigenvalue weighted by Gasteiger charge is -2.26. The van der Waals surface area contributed by atoms with Gasteiger partial charge in [0.05, 0.1) is 5.92 Å². The minimum Gasteiger partial charge on any atom is -0.0965 e. The molecule has 37 heavy (non-hydrogen) atoms. The Labute approximate surface area is 231 Å². The van der Waals surface area contributed by atoms with Crippen LogP contribution in [0.1, 0.15) is 154 Å². The molecule has 0 aliphatic carbocycles. The maximum atomic E-state index is 4.69. The van der Waals surface area contributed by atoms with E-state index in [1.807, 2.05) is 12.4 Å². The van der Waals surface area contributed by atoms with Gasteiger partial charge in [-0.3, -0.25) is 0 Å². The molecule has 0 aromatic heterocycles. The van der Waals surface area contributed by atoms with Gasteiger partial charge < -0.3 is 0 Å². The van der Waals surface area contributed by atoms with Crippen LogP contribution in [0.2, 0.25) is 0 Å². The quantitative estimate of drug-likeness (QED) is 0.0928. The molecule has 0 saturated heterocycles.